The normalized spacial score (nSPS) is 23.3. The van der Waals surface area contributed by atoms with Gasteiger partial charge in [-0.05, 0) is 43.7 Å². The molecule has 0 aromatic heterocycles. The Labute approximate surface area is 113 Å². The monoisotopic (exact) mass is 266 g/mol. The van der Waals surface area contributed by atoms with Gasteiger partial charge in [0.15, 0.2) is 0 Å². The summed E-state index contributed by atoms with van der Waals surface area (Å²) in [7, 11) is 0. The lowest BCUT2D eigenvalue weighted by molar-refractivity contribution is -0.123. The van der Waals surface area contributed by atoms with Crippen molar-refractivity contribution in [2.45, 2.75) is 45.4 Å². The number of rotatable bonds is 4. The summed E-state index contributed by atoms with van der Waals surface area (Å²) in [6.07, 6.45) is 4.91. The van der Waals surface area contributed by atoms with E-state index in [2.05, 4.69) is 6.92 Å². The number of carbonyl (C=O) groups excluding carboxylic acids is 1. The van der Waals surface area contributed by atoms with E-state index in [1.54, 1.807) is 0 Å². The molecule has 0 N–H and O–H groups in total. The van der Waals surface area contributed by atoms with Gasteiger partial charge in [0.2, 0.25) is 0 Å². The topological polar surface area (TPSA) is 17.1 Å². The summed E-state index contributed by atoms with van der Waals surface area (Å²) in [5.74, 6) is -0.541. The Morgan fingerprint density at radius 3 is 2.26 bits per heavy atom. The van der Waals surface area contributed by atoms with E-state index in [0.717, 1.165) is 32.1 Å². The molecule has 1 aliphatic rings. The Kier molecular flexibility index (Phi) is 4.67. The van der Waals surface area contributed by atoms with Crippen LogP contribution in [-0.2, 0) is 11.2 Å². The van der Waals surface area contributed by atoms with E-state index in [0.29, 0.717) is 5.92 Å². The summed E-state index contributed by atoms with van der Waals surface area (Å²) < 4.78 is 27.0. The lowest BCUT2D eigenvalue weighted by atomic mass is 9.78. The minimum Gasteiger partial charge on any atom is -0.299 e. The van der Waals surface area contributed by atoms with Crippen LogP contribution in [0.1, 0.15) is 44.6 Å². The van der Waals surface area contributed by atoms with Crippen LogP contribution < -0.4 is 0 Å². The first-order chi connectivity index (χ1) is 9.11. The van der Waals surface area contributed by atoms with Gasteiger partial charge in [0, 0.05) is 17.9 Å². The summed E-state index contributed by atoms with van der Waals surface area (Å²) in [5, 5.41) is 0. The number of hydrogen-bond donors (Lipinski definition) is 0. The fourth-order valence-corrected chi connectivity index (χ4v) is 2.91. The average Bonchev–Trinajstić information content (AvgIpc) is 2.43. The van der Waals surface area contributed by atoms with Gasteiger partial charge >= 0.3 is 0 Å². The first kappa shape index (κ1) is 14.2. The van der Waals surface area contributed by atoms with Crippen LogP contribution >= 0.6 is 0 Å². The molecule has 2 rings (SSSR count). The van der Waals surface area contributed by atoms with Crippen molar-refractivity contribution in [1.29, 1.82) is 0 Å². The van der Waals surface area contributed by atoms with E-state index in [-0.39, 0.29) is 23.7 Å². The van der Waals surface area contributed by atoms with Crippen molar-refractivity contribution < 1.29 is 13.6 Å². The van der Waals surface area contributed by atoms with E-state index in [1.807, 2.05) is 0 Å². The molecular formula is C16H20F2O. The van der Waals surface area contributed by atoms with Gasteiger partial charge < -0.3 is 0 Å². The minimum absolute atomic E-state index is 0.0122. The fourth-order valence-electron chi connectivity index (χ4n) is 2.91. The molecule has 0 bridgehead atoms. The zero-order valence-corrected chi connectivity index (χ0v) is 11.3. The molecule has 0 aliphatic heterocycles. The van der Waals surface area contributed by atoms with Crippen LogP contribution in [0.3, 0.4) is 0 Å². The van der Waals surface area contributed by atoms with Gasteiger partial charge in [-0.3, -0.25) is 4.79 Å². The van der Waals surface area contributed by atoms with Gasteiger partial charge in [-0.25, -0.2) is 8.78 Å². The second-order valence-electron chi connectivity index (χ2n) is 5.47. The second kappa shape index (κ2) is 6.27. The van der Waals surface area contributed by atoms with E-state index >= 15 is 0 Å². The second-order valence-corrected chi connectivity index (χ2v) is 5.47. The molecule has 3 heteroatoms. The maximum absolute atomic E-state index is 13.5. The van der Waals surface area contributed by atoms with Crippen LogP contribution in [0.5, 0.6) is 0 Å². The van der Waals surface area contributed by atoms with Crippen molar-refractivity contribution in [3.63, 3.8) is 0 Å². The van der Waals surface area contributed by atoms with Crippen LogP contribution in [0.25, 0.3) is 0 Å². The van der Waals surface area contributed by atoms with Crippen LogP contribution in [0, 0.1) is 23.5 Å². The zero-order chi connectivity index (χ0) is 13.8. The highest BCUT2D eigenvalue weighted by Crippen LogP contribution is 2.32. The van der Waals surface area contributed by atoms with Gasteiger partial charge in [-0.15, -0.1) is 0 Å². The van der Waals surface area contributed by atoms with Crippen LogP contribution in [-0.4, -0.2) is 5.78 Å². The first-order valence-corrected chi connectivity index (χ1v) is 7.07. The number of benzene rings is 1. The lowest BCUT2D eigenvalue weighted by Gasteiger charge is -2.26. The number of Topliss-reactive ketones (excluding diaryl/α,β-unsaturated/α-hetero) is 1. The maximum atomic E-state index is 13.5. The van der Waals surface area contributed by atoms with Gasteiger partial charge in [-0.1, -0.05) is 19.4 Å². The SMILES string of the molecule is CCC1CCC(C(=O)Cc2c(F)cccc2F)CC1. The quantitative estimate of drug-likeness (QED) is 0.794. The van der Waals surface area contributed by atoms with Crippen LogP contribution in [0.4, 0.5) is 8.78 Å². The van der Waals surface area contributed by atoms with Crippen molar-refractivity contribution in [1.82, 2.24) is 0 Å². The van der Waals surface area contributed by atoms with Crippen molar-refractivity contribution in [3.05, 3.63) is 35.4 Å². The summed E-state index contributed by atoms with van der Waals surface area (Å²) in [4.78, 5) is 12.1. The van der Waals surface area contributed by atoms with E-state index in [1.165, 1.54) is 18.2 Å². The Morgan fingerprint density at radius 1 is 1.16 bits per heavy atom. The van der Waals surface area contributed by atoms with Crippen molar-refractivity contribution in [2.75, 3.05) is 0 Å². The maximum Gasteiger partial charge on any atom is 0.140 e. The predicted octanol–water partition coefficient (Wildman–Crippen LogP) is 4.29. The number of carbonyl (C=O) groups is 1. The third-order valence-corrected chi connectivity index (χ3v) is 4.29. The predicted molar refractivity (Wildman–Crippen MR) is 70.8 cm³/mol. The van der Waals surface area contributed by atoms with E-state index < -0.39 is 11.6 Å². The first-order valence-electron chi connectivity index (χ1n) is 7.07. The van der Waals surface area contributed by atoms with Crippen molar-refractivity contribution in [2.24, 2.45) is 11.8 Å². The molecule has 1 aliphatic carbocycles. The van der Waals surface area contributed by atoms with Gasteiger partial charge in [0.05, 0.1) is 0 Å². The molecule has 0 radical (unpaired) electrons. The van der Waals surface area contributed by atoms with Gasteiger partial charge in [-0.2, -0.15) is 0 Å². The Balaban J connectivity index is 1.98. The number of halogens is 2. The van der Waals surface area contributed by atoms with E-state index in [4.69, 9.17) is 0 Å². The third kappa shape index (κ3) is 3.40. The summed E-state index contributed by atoms with van der Waals surface area (Å²) >= 11 is 0. The molecule has 0 atom stereocenters. The number of hydrogen-bond acceptors (Lipinski definition) is 1. The highest BCUT2D eigenvalue weighted by molar-refractivity contribution is 5.83. The molecular weight excluding hydrogens is 246 g/mol. The highest BCUT2D eigenvalue weighted by atomic mass is 19.1. The molecule has 0 saturated heterocycles. The molecule has 0 spiro atoms. The van der Waals surface area contributed by atoms with Gasteiger partial charge in [0.1, 0.15) is 17.4 Å². The van der Waals surface area contributed by atoms with Crippen LogP contribution in [0.2, 0.25) is 0 Å². The molecule has 1 fully saturated rings. The molecule has 19 heavy (non-hydrogen) atoms. The molecule has 1 aromatic rings. The summed E-state index contributed by atoms with van der Waals surface area (Å²) in [5.41, 5.74) is -0.0786. The zero-order valence-electron chi connectivity index (χ0n) is 11.3. The largest absolute Gasteiger partial charge is 0.299 e. The lowest BCUT2D eigenvalue weighted by Crippen LogP contribution is -2.23. The number of ketones is 1. The Hall–Kier alpha value is -1.25. The van der Waals surface area contributed by atoms with E-state index in [9.17, 15) is 13.6 Å². The molecule has 1 nitrogen and oxygen atoms in total. The summed E-state index contributed by atoms with van der Waals surface area (Å²) in [6, 6.07) is 3.74. The minimum atomic E-state index is -0.615. The molecule has 0 heterocycles. The van der Waals surface area contributed by atoms with Crippen LogP contribution in [0.15, 0.2) is 18.2 Å². The molecule has 104 valence electrons. The highest BCUT2D eigenvalue weighted by Gasteiger charge is 2.26. The fraction of sp³-hybridized carbons (Fsp3) is 0.562. The molecule has 1 saturated carbocycles. The Bertz CT molecular complexity index is 428. The van der Waals surface area contributed by atoms with Gasteiger partial charge in [0.25, 0.3) is 0 Å². The molecule has 0 unspecified atom stereocenters. The molecule has 1 aromatic carbocycles. The van der Waals surface area contributed by atoms with Crippen molar-refractivity contribution >= 4 is 5.78 Å². The summed E-state index contributed by atoms with van der Waals surface area (Å²) in [6.45, 7) is 2.17. The van der Waals surface area contributed by atoms with Crippen molar-refractivity contribution in [3.8, 4) is 0 Å². The Morgan fingerprint density at radius 2 is 1.74 bits per heavy atom. The standard InChI is InChI=1S/C16H20F2O/c1-2-11-6-8-12(9-7-11)16(19)10-13-14(17)4-3-5-15(13)18/h3-5,11-12H,2,6-10H2,1H3. The average molecular weight is 266 g/mol. The third-order valence-electron chi connectivity index (χ3n) is 4.29. The molecule has 0 amide bonds. The smallest absolute Gasteiger partial charge is 0.140 e.